The molecule has 0 aliphatic carbocycles. The highest BCUT2D eigenvalue weighted by atomic mass is 16.7. The average Bonchev–Trinajstić information content (AvgIpc) is 2.43. The molecule has 5 nitrogen and oxygen atoms in total. The Morgan fingerprint density at radius 2 is 1.74 bits per heavy atom. The molecule has 5 heteroatoms. The summed E-state index contributed by atoms with van der Waals surface area (Å²) in [7, 11) is 1.62. The molecule has 0 saturated carbocycles. The third-order valence-electron chi connectivity index (χ3n) is 3.36. The van der Waals surface area contributed by atoms with Gasteiger partial charge < -0.3 is 9.64 Å². The van der Waals surface area contributed by atoms with Crippen molar-refractivity contribution in [3.63, 3.8) is 0 Å². The molecule has 0 spiro atoms. The second kappa shape index (κ2) is 5.91. The summed E-state index contributed by atoms with van der Waals surface area (Å²) < 4.78 is 6.74. The molecular formula is C14H21N2O3+. The number of nitrogens with zero attached hydrogens (tertiary/aromatic N) is 2. The van der Waals surface area contributed by atoms with Gasteiger partial charge in [0.15, 0.2) is 0 Å². The standard InChI is InChI=1S/C14H21N2O3/c1-11-9-13(18-3)10-12(2)16(11)19-14(17)15-7-5-4-6-8-15/h9-10H,4-8H2,1-3H3/q+1. The van der Waals surface area contributed by atoms with E-state index in [9.17, 15) is 4.79 Å². The first-order chi connectivity index (χ1) is 9.11. The normalized spacial score (nSPS) is 15.2. The van der Waals surface area contributed by atoms with Crippen molar-refractivity contribution in [2.45, 2.75) is 33.1 Å². The van der Waals surface area contributed by atoms with Crippen LogP contribution in [0.15, 0.2) is 12.1 Å². The van der Waals surface area contributed by atoms with Crippen LogP contribution in [0.2, 0.25) is 0 Å². The van der Waals surface area contributed by atoms with Gasteiger partial charge in [0, 0.05) is 31.7 Å². The van der Waals surface area contributed by atoms with Crippen molar-refractivity contribution in [3.8, 4) is 5.75 Å². The summed E-state index contributed by atoms with van der Waals surface area (Å²) in [5.74, 6) is 0.764. The lowest BCUT2D eigenvalue weighted by Gasteiger charge is -2.23. The zero-order valence-electron chi connectivity index (χ0n) is 11.8. The summed E-state index contributed by atoms with van der Waals surface area (Å²) in [6, 6.07) is 3.69. The summed E-state index contributed by atoms with van der Waals surface area (Å²) >= 11 is 0. The van der Waals surface area contributed by atoms with Crippen LogP contribution < -0.4 is 14.3 Å². The summed E-state index contributed by atoms with van der Waals surface area (Å²) in [6.45, 7) is 5.35. The first kappa shape index (κ1) is 13.6. The molecular weight excluding hydrogens is 244 g/mol. The van der Waals surface area contributed by atoms with Gasteiger partial charge in [0.05, 0.1) is 19.2 Å². The number of rotatable bonds is 2. The molecule has 2 heterocycles. The lowest BCUT2D eigenvalue weighted by Crippen LogP contribution is -2.55. The van der Waals surface area contributed by atoms with E-state index in [4.69, 9.17) is 9.57 Å². The van der Waals surface area contributed by atoms with Gasteiger partial charge in [-0.3, -0.25) is 0 Å². The van der Waals surface area contributed by atoms with Crippen LogP contribution in [0.1, 0.15) is 30.7 Å². The molecule has 2 rings (SSSR count). The number of ether oxygens (including phenoxy) is 1. The number of aromatic nitrogens is 1. The van der Waals surface area contributed by atoms with Gasteiger partial charge in [-0.1, -0.05) is 0 Å². The second-order valence-corrected chi connectivity index (χ2v) is 4.88. The molecule has 0 aromatic carbocycles. The predicted molar refractivity (Wildman–Crippen MR) is 70.1 cm³/mol. The van der Waals surface area contributed by atoms with Crippen LogP contribution in [0.3, 0.4) is 0 Å². The number of hydrogen-bond donors (Lipinski definition) is 0. The molecule has 1 fully saturated rings. The first-order valence-corrected chi connectivity index (χ1v) is 6.66. The predicted octanol–water partition coefficient (Wildman–Crippen LogP) is 1.63. The smallest absolute Gasteiger partial charge is 0.478 e. The number of hydrogen-bond acceptors (Lipinski definition) is 3. The molecule has 0 bridgehead atoms. The number of likely N-dealkylation sites (tertiary alicyclic amines) is 1. The van der Waals surface area contributed by atoms with Gasteiger partial charge >= 0.3 is 6.09 Å². The number of amides is 1. The fourth-order valence-electron chi connectivity index (χ4n) is 2.32. The maximum absolute atomic E-state index is 12.1. The van der Waals surface area contributed by atoms with Crippen LogP contribution in [0.5, 0.6) is 5.75 Å². The molecule has 19 heavy (non-hydrogen) atoms. The van der Waals surface area contributed by atoms with Gasteiger partial charge in [-0.15, -0.1) is 0 Å². The molecule has 1 aromatic heterocycles. The molecule has 0 atom stereocenters. The molecule has 1 aliphatic rings. The number of pyridine rings is 1. The maximum atomic E-state index is 12.1. The van der Waals surface area contributed by atoms with E-state index < -0.39 is 0 Å². The van der Waals surface area contributed by atoms with Gasteiger partial charge in [-0.25, -0.2) is 4.79 Å². The number of methoxy groups -OCH3 is 1. The fraction of sp³-hybridized carbons (Fsp3) is 0.571. The molecule has 1 aliphatic heterocycles. The van der Waals surface area contributed by atoms with E-state index in [2.05, 4.69) is 0 Å². The number of piperidine rings is 1. The minimum atomic E-state index is -0.277. The fourth-order valence-corrected chi connectivity index (χ4v) is 2.32. The van der Waals surface area contributed by atoms with Gasteiger partial charge in [0.1, 0.15) is 5.75 Å². The Kier molecular flexibility index (Phi) is 4.24. The Bertz CT molecular complexity index is 445. The lowest BCUT2D eigenvalue weighted by molar-refractivity contribution is -0.877. The van der Waals surface area contributed by atoms with Crippen molar-refractivity contribution in [2.75, 3.05) is 20.2 Å². The molecule has 0 radical (unpaired) electrons. The number of carbonyl (C=O) groups excluding carboxylic acids is 1. The van der Waals surface area contributed by atoms with E-state index in [1.54, 1.807) is 16.7 Å². The molecule has 0 N–H and O–H groups in total. The number of aryl methyl sites for hydroxylation is 2. The quantitative estimate of drug-likeness (QED) is 0.763. The van der Waals surface area contributed by atoms with Crippen LogP contribution in [-0.4, -0.2) is 31.2 Å². The van der Waals surface area contributed by atoms with Crippen molar-refractivity contribution in [1.29, 1.82) is 0 Å². The first-order valence-electron chi connectivity index (χ1n) is 6.66. The zero-order valence-corrected chi connectivity index (χ0v) is 11.8. The maximum Gasteiger partial charge on any atom is 0.478 e. The van der Waals surface area contributed by atoms with Crippen molar-refractivity contribution >= 4 is 6.09 Å². The third kappa shape index (κ3) is 3.16. The molecule has 0 unspecified atom stereocenters. The minimum Gasteiger partial charge on any atom is -0.496 e. The van der Waals surface area contributed by atoms with Crippen LogP contribution in [0, 0.1) is 13.8 Å². The molecule has 1 aromatic rings. The van der Waals surface area contributed by atoms with Crippen LogP contribution in [0.25, 0.3) is 0 Å². The highest BCUT2D eigenvalue weighted by Gasteiger charge is 2.25. The summed E-state index contributed by atoms with van der Waals surface area (Å²) in [6.07, 6.45) is 3.03. The summed E-state index contributed by atoms with van der Waals surface area (Å²) in [5, 5.41) is 0. The van der Waals surface area contributed by atoms with E-state index in [1.807, 2.05) is 26.0 Å². The summed E-state index contributed by atoms with van der Waals surface area (Å²) in [5.41, 5.74) is 1.67. The number of carbonyl (C=O) groups is 1. The third-order valence-corrected chi connectivity index (χ3v) is 3.36. The average molecular weight is 265 g/mol. The highest BCUT2D eigenvalue weighted by Crippen LogP contribution is 2.12. The Hall–Kier alpha value is -1.78. The van der Waals surface area contributed by atoms with E-state index in [-0.39, 0.29) is 6.09 Å². The monoisotopic (exact) mass is 265 g/mol. The van der Waals surface area contributed by atoms with Crippen LogP contribution in [0.4, 0.5) is 4.79 Å². The van der Waals surface area contributed by atoms with Gasteiger partial charge in [0.25, 0.3) is 0 Å². The zero-order chi connectivity index (χ0) is 13.8. The van der Waals surface area contributed by atoms with E-state index in [1.165, 1.54) is 6.42 Å². The highest BCUT2D eigenvalue weighted by molar-refractivity contribution is 5.67. The van der Waals surface area contributed by atoms with Crippen LogP contribution in [-0.2, 0) is 0 Å². The molecule has 1 saturated heterocycles. The van der Waals surface area contributed by atoms with E-state index in [0.29, 0.717) is 0 Å². The van der Waals surface area contributed by atoms with Crippen molar-refractivity contribution in [2.24, 2.45) is 0 Å². The summed E-state index contributed by atoms with van der Waals surface area (Å²) in [4.78, 5) is 19.3. The lowest BCUT2D eigenvalue weighted by atomic mass is 10.1. The Balaban J connectivity index is 2.12. The molecule has 1 amide bonds. The second-order valence-electron chi connectivity index (χ2n) is 4.88. The van der Waals surface area contributed by atoms with Crippen molar-refractivity contribution < 1.29 is 19.1 Å². The Morgan fingerprint density at radius 3 is 2.26 bits per heavy atom. The van der Waals surface area contributed by atoms with E-state index >= 15 is 0 Å². The topological polar surface area (TPSA) is 42.6 Å². The minimum absolute atomic E-state index is 0.277. The van der Waals surface area contributed by atoms with Gasteiger partial charge in [-0.05, 0) is 19.3 Å². The Labute approximate surface area is 113 Å². The van der Waals surface area contributed by atoms with Crippen LogP contribution >= 0.6 is 0 Å². The van der Waals surface area contributed by atoms with Crippen molar-refractivity contribution in [1.82, 2.24) is 4.90 Å². The molecule has 104 valence electrons. The van der Waals surface area contributed by atoms with Gasteiger partial charge in [-0.2, -0.15) is 4.84 Å². The van der Waals surface area contributed by atoms with Crippen molar-refractivity contribution in [3.05, 3.63) is 23.5 Å². The Morgan fingerprint density at radius 1 is 1.16 bits per heavy atom. The SMILES string of the molecule is COc1cc(C)[n+](OC(=O)N2CCCCC2)c(C)c1. The van der Waals surface area contributed by atoms with E-state index in [0.717, 1.165) is 43.1 Å². The van der Waals surface area contributed by atoms with Gasteiger partial charge in [0.2, 0.25) is 11.4 Å². The largest absolute Gasteiger partial charge is 0.496 e.